The zero-order valence-corrected chi connectivity index (χ0v) is 12.3. The summed E-state index contributed by atoms with van der Waals surface area (Å²) >= 11 is 0. The standard InChI is InChI=1S/C17H20N2O2/c1-12(2)19(11-13-6-4-3-5-7-13)16-9-8-14(17(20)21)10-15(16)18/h3-10,12H,11,18H2,1-2H3,(H,20,21). The van der Waals surface area contributed by atoms with Gasteiger partial charge >= 0.3 is 5.97 Å². The van der Waals surface area contributed by atoms with Crippen molar-refractivity contribution in [3.8, 4) is 0 Å². The first-order valence-corrected chi connectivity index (χ1v) is 6.92. The summed E-state index contributed by atoms with van der Waals surface area (Å²) in [4.78, 5) is 13.2. The molecule has 0 aliphatic rings. The van der Waals surface area contributed by atoms with Crippen LogP contribution in [-0.2, 0) is 6.54 Å². The zero-order chi connectivity index (χ0) is 15.4. The van der Waals surface area contributed by atoms with Crippen LogP contribution in [0.5, 0.6) is 0 Å². The van der Waals surface area contributed by atoms with E-state index in [-0.39, 0.29) is 11.6 Å². The van der Waals surface area contributed by atoms with Crippen LogP contribution in [0.1, 0.15) is 29.8 Å². The number of benzene rings is 2. The van der Waals surface area contributed by atoms with Crippen molar-refractivity contribution in [3.63, 3.8) is 0 Å². The fourth-order valence-electron chi connectivity index (χ4n) is 2.28. The van der Waals surface area contributed by atoms with E-state index in [1.165, 1.54) is 11.6 Å². The summed E-state index contributed by atoms with van der Waals surface area (Å²) in [6.45, 7) is 4.91. The van der Waals surface area contributed by atoms with Crippen LogP contribution in [0, 0.1) is 0 Å². The second kappa shape index (κ2) is 6.31. The number of anilines is 2. The highest BCUT2D eigenvalue weighted by Gasteiger charge is 2.15. The van der Waals surface area contributed by atoms with Crippen LogP contribution < -0.4 is 10.6 Å². The molecule has 0 unspecified atom stereocenters. The topological polar surface area (TPSA) is 66.6 Å². The van der Waals surface area contributed by atoms with Gasteiger partial charge in [0, 0.05) is 12.6 Å². The van der Waals surface area contributed by atoms with Crippen LogP contribution in [-0.4, -0.2) is 17.1 Å². The third-order valence-corrected chi connectivity index (χ3v) is 3.40. The average molecular weight is 284 g/mol. The quantitative estimate of drug-likeness (QED) is 0.826. The molecule has 4 nitrogen and oxygen atoms in total. The molecular weight excluding hydrogens is 264 g/mol. The first-order chi connectivity index (χ1) is 9.99. The molecule has 2 rings (SSSR count). The predicted octanol–water partition coefficient (Wildman–Crippen LogP) is 3.38. The van der Waals surface area contributed by atoms with E-state index in [0.29, 0.717) is 5.69 Å². The molecular formula is C17H20N2O2. The molecule has 21 heavy (non-hydrogen) atoms. The molecule has 0 radical (unpaired) electrons. The van der Waals surface area contributed by atoms with Gasteiger partial charge in [0.15, 0.2) is 0 Å². The van der Waals surface area contributed by atoms with Gasteiger partial charge in [0.1, 0.15) is 0 Å². The number of hydrogen-bond acceptors (Lipinski definition) is 3. The molecule has 0 aromatic heterocycles. The summed E-state index contributed by atoms with van der Waals surface area (Å²) in [5.41, 5.74) is 8.79. The van der Waals surface area contributed by atoms with Gasteiger partial charge in [0.05, 0.1) is 16.9 Å². The number of rotatable bonds is 5. The van der Waals surface area contributed by atoms with E-state index in [1.807, 2.05) is 18.2 Å². The third kappa shape index (κ3) is 3.54. The molecule has 0 amide bonds. The van der Waals surface area contributed by atoms with E-state index >= 15 is 0 Å². The Morgan fingerprint density at radius 1 is 1.19 bits per heavy atom. The molecule has 0 heterocycles. The Kier molecular flexibility index (Phi) is 4.48. The van der Waals surface area contributed by atoms with Crippen molar-refractivity contribution < 1.29 is 9.90 Å². The molecule has 2 aromatic rings. The number of carboxylic acids is 1. The molecule has 0 aliphatic carbocycles. The Bertz CT molecular complexity index is 624. The molecule has 110 valence electrons. The zero-order valence-electron chi connectivity index (χ0n) is 12.3. The van der Waals surface area contributed by atoms with Crippen LogP contribution in [0.25, 0.3) is 0 Å². The molecule has 0 atom stereocenters. The Balaban J connectivity index is 2.32. The van der Waals surface area contributed by atoms with Crippen molar-refractivity contribution in [2.75, 3.05) is 10.6 Å². The summed E-state index contributed by atoms with van der Waals surface area (Å²) < 4.78 is 0. The van der Waals surface area contributed by atoms with Gasteiger partial charge in [-0.3, -0.25) is 0 Å². The number of carboxylic acid groups (broad SMARTS) is 1. The van der Waals surface area contributed by atoms with Crippen molar-refractivity contribution in [1.29, 1.82) is 0 Å². The minimum atomic E-state index is -0.965. The summed E-state index contributed by atoms with van der Waals surface area (Å²) in [7, 11) is 0. The maximum absolute atomic E-state index is 11.0. The molecule has 0 spiro atoms. The smallest absolute Gasteiger partial charge is 0.335 e. The number of nitrogen functional groups attached to an aromatic ring is 1. The van der Waals surface area contributed by atoms with Crippen molar-refractivity contribution >= 4 is 17.3 Å². The fourth-order valence-corrected chi connectivity index (χ4v) is 2.28. The fraction of sp³-hybridized carbons (Fsp3) is 0.235. The summed E-state index contributed by atoms with van der Waals surface area (Å²) in [6, 6.07) is 15.3. The van der Waals surface area contributed by atoms with Gasteiger partial charge in [-0.25, -0.2) is 4.79 Å². The minimum Gasteiger partial charge on any atom is -0.478 e. The van der Waals surface area contributed by atoms with Gasteiger partial charge in [0.2, 0.25) is 0 Å². The third-order valence-electron chi connectivity index (χ3n) is 3.40. The van der Waals surface area contributed by atoms with E-state index in [4.69, 9.17) is 10.8 Å². The maximum Gasteiger partial charge on any atom is 0.335 e. The lowest BCUT2D eigenvalue weighted by Gasteiger charge is -2.30. The van der Waals surface area contributed by atoms with E-state index in [2.05, 4.69) is 30.9 Å². The molecule has 0 saturated carbocycles. The first-order valence-electron chi connectivity index (χ1n) is 6.92. The van der Waals surface area contributed by atoms with Crippen molar-refractivity contribution in [1.82, 2.24) is 0 Å². The Labute approximate surface area is 124 Å². The minimum absolute atomic E-state index is 0.208. The SMILES string of the molecule is CC(C)N(Cc1ccccc1)c1ccc(C(=O)O)cc1N. The lowest BCUT2D eigenvalue weighted by atomic mass is 10.1. The molecule has 4 heteroatoms. The van der Waals surface area contributed by atoms with Crippen LogP contribution in [0.2, 0.25) is 0 Å². The second-order valence-corrected chi connectivity index (χ2v) is 5.29. The Morgan fingerprint density at radius 2 is 1.86 bits per heavy atom. The Morgan fingerprint density at radius 3 is 2.38 bits per heavy atom. The number of hydrogen-bond donors (Lipinski definition) is 2. The van der Waals surface area contributed by atoms with Crippen LogP contribution in [0.15, 0.2) is 48.5 Å². The molecule has 0 aliphatic heterocycles. The van der Waals surface area contributed by atoms with Crippen LogP contribution in [0.3, 0.4) is 0 Å². The Hall–Kier alpha value is -2.49. The molecule has 0 fully saturated rings. The maximum atomic E-state index is 11.0. The van der Waals surface area contributed by atoms with Gasteiger partial charge in [-0.05, 0) is 37.6 Å². The van der Waals surface area contributed by atoms with E-state index in [1.54, 1.807) is 12.1 Å². The lowest BCUT2D eigenvalue weighted by Crippen LogP contribution is -2.30. The van der Waals surface area contributed by atoms with Gasteiger partial charge in [-0.2, -0.15) is 0 Å². The van der Waals surface area contributed by atoms with Gasteiger partial charge < -0.3 is 15.7 Å². The molecule has 0 bridgehead atoms. The highest BCUT2D eigenvalue weighted by molar-refractivity contribution is 5.90. The second-order valence-electron chi connectivity index (χ2n) is 5.29. The van der Waals surface area contributed by atoms with Gasteiger partial charge in [0.25, 0.3) is 0 Å². The molecule has 3 N–H and O–H groups in total. The van der Waals surface area contributed by atoms with Gasteiger partial charge in [-0.15, -0.1) is 0 Å². The monoisotopic (exact) mass is 284 g/mol. The summed E-state index contributed by atoms with van der Waals surface area (Å²) in [5, 5.41) is 9.01. The number of aromatic carboxylic acids is 1. The van der Waals surface area contributed by atoms with Crippen LogP contribution >= 0.6 is 0 Å². The highest BCUT2D eigenvalue weighted by atomic mass is 16.4. The molecule has 0 saturated heterocycles. The number of nitrogens with two attached hydrogens (primary N) is 1. The first kappa shape index (κ1) is 14.9. The average Bonchev–Trinajstić information content (AvgIpc) is 2.46. The lowest BCUT2D eigenvalue weighted by molar-refractivity contribution is 0.0697. The van der Waals surface area contributed by atoms with E-state index < -0.39 is 5.97 Å². The summed E-state index contributed by atoms with van der Waals surface area (Å²) in [5.74, 6) is -0.965. The highest BCUT2D eigenvalue weighted by Crippen LogP contribution is 2.27. The van der Waals surface area contributed by atoms with Crippen molar-refractivity contribution in [2.45, 2.75) is 26.4 Å². The van der Waals surface area contributed by atoms with E-state index in [9.17, 15) is 4.79 Å². The predicted molar refractivity (Wildman–Crippen MR) is 85.6 cm³/mol. The largest absolute Gasteiger partial charge is 0.478 e. The summed E-state index contributed by atoms with van der Waals surface area (Å²) in [6.07, 6.45) is 0. The molecule has 2 aromatic carbocycles. The van der Waals surface area contributed by atoms with Crippen molar-refractivity contribution in [2.24, 2.45) is 0 Å². The van der Waals surface area contributed by atoms with Crippen molar-refractivity contribution in [3.05, 3.63) is 59.7 Å². The van der Waals surface area contributed by atoms with Gasteiger partial charge in [-0.1, -0.05) is 30.3 Å². The van der Waals surface area contributed by atoms with Crippen LogP contribution in [0.4, 0.5) is 11.4 Å². The van der Waals surface area contributed by atoms with E-state index in [0.717, 1.165) is 12.2 Å². The normalized spacial score (nSPS) is 10.6. The number of nitrogens with zero attached hydrogens (tertiary/aromatic N) is 1. The number of carbonyl (C=O) groups is 1.